The van der Waals surface area contributed by atoms with Gasteiger partial charge in [-0.25, -0.2) is 9.67 Å². The number of pyridine rings is 1. The van der Waals surface area contributed by atoms with Gasteiger partial charge in [0, 0.05) is 36.7 Å². The quantitative estimate of drug-likeness (QED) is 0.863. The van der Waals surface area contributed by atoms with Crippen molar-refractivity contribution in [3.05, 3.63) is 52.1 Å². The summed E-state index contributed by atoms with van der Waals surface area (Å²) < 4.78 is 1.56. The van der Waals surface area contributed by atoms with E-state index in [1.165, 1.54) is 0 Å². The van der Waals surface area contributed by atoms with Crippen LogP contribution in [0.2, 0.25) is 0 Å². The molecule has 0 unspecified atom stereocenters. The van der Waals surface area contributed by atoms with Crippen molar-refractivity contribution in [2.75, 3.05) is 18.0 Å². The van der Waals surface area contributed by atoms with Crippen LogP contribution in [0.15, 0.2) is 35.3 Å². The zero-order valence-corrected chi connectivity index (χ0v) is 14.2. The zero-order chi connectivity index (χ0) is 17.3. The van der Waals surface area contributed by atoms with Crippen LogP contribution in [0.4, 0.5) is 5.82 Å². The van der Waals surface area contributed by atoms with Gasteiger partial charge in [-0.15, -0.1) is 0 Å². The van der Waals surface area contributed by atoms with Crippen molar-refractivity contribution in [3.63, 3.8) is 0 Å². The highest BCUT2D eigenvalue weighted by molar-refractivity contribution is 5.55. The maximum Gasteiger partial charge on any atom is 0.266 e. The molecule has 24 heavy (non-hydrogen) atoms. The lowest BCUT2D eigenvalue weighted by atomic mass is 9.92. The third kappa shape index (κ3) is 3.16. The normalized spacial score (nSPS) is 15.0. The molecule has 2 aromatic rings. The first-order valence-corrected chi connectivity index (χ1v) is 8.07. The molecule has 0 bridgehead atoms. The van der Waals surface area contributed by atoms with Gasteiger partial charge in [-0.05, 0) is 18.2 Å². The molecule has 3 heterocycles. The average Bonchev–Trinajstić information content (AvgIpc) is 2.51. The summed E-state index contributed by atoms with van der Waals surface area (Å²) in [5.74, 6) is 1.05. The second-order valence-electron chi connectivity index (χ2n) is 7.25. The van der Waals surface area contributed by atoms with Crippen LogP contribution in [0.25, 0.3) is 0 Å². The van der Waals surface area contributed by atoms with Crippen molar-refractivity contribution < 1.29 is 0 Å². The molecular formula is C18H21N5O. The summed E-state index contributed by atoms with van der Waals surface area (Å²) in [5, 5.41) is 13.7. The van der Waals surface area contributed by atoms with Gasteiger partial charge in [-0.2, -0.15) is 10.4 Å². The van der Waals surface area contributed by atoms with Gasteiger partial charge in [0.05, 0.1) is 17.8 Å². The Morgan fingerprint density at radius 2 is 2.04 bits per heavy atom. The molecule has 124 valence electrons. The van der Waals surface area contributed by atoms with Crippen LogP contribution in [-0.2, 0) is 12.0 Å². The predicted octanol–water partition coefficient (Wildman–Crippen LogP) is 1.94. The number of hydrogen-bond acceptors (Lipinski definition) is 5. The van der Waals surface area contributed by atoms with Gasteiger partial charge in [0.15, 0.2) is 0 Å². The van der Waals surface area contributed by atoms with Gasteiger partial charge in [-0.1, -0.05) is 20.8 Å². The third-order valence-electron chi connectivity index (χ3n) is 4.23. The summed E-state index contributed by atoms with van der Waals surface area (Å²) >= 11 is 0. The molecule has 0 N–H and O–H groups in total. The number of aromatic nitrogens is 3. The van der Waals surface area contributed by atoms with Crippen LogP contribution >= 0.6 is 0 Å². The minimum atomic E-state index is -0.0866. The third-order valence-corrected chi connectivity index (χ3v) is 4.23. The lowest BCUT2D eigenvalue weighted by molar-refractivity contribution is 0.328. The molecule has 6 heteroatoms. The monoisotopic (exact) mass is 323 g/mol. The SMILES string of the molecule is CC(C)(C)c1ccc(=O)n(CC2CN(c3ncccc3C#N)C2)n1. The average molecular weight is 323 g/mol. The number of anilines is 1. The van der Waals surface area contributed by atoms with Crippen molar-refractivity contribution in [1.82, 2.24) is 14.8 Å². The van der Waals surface area contributed by atoms with E-state index in [0.717, 1.165) is 24.6 Å². The van der Waals surface area contributed by atoms with E-state index < -0.39 is 0 Å². The van der Waals surface area contributed by atoms with Crippen LogP contribution < -0.4 is 10.5 Å². The standard InChI is InChI=1S/C18H21N5O/c1-18(2,3)15-6-7-16(24)23(21-15)12-13-10-22(11-13)17-14(9-19)5-4-8-20-17/h4-8,13H,10-12H2,1-3H3. The van der Waals surface area contributed by atoms with E-state index in [0.29, 0.717) is 18.0 Å². The van der Waals surface area contributed by atoms with Crippen LogP contribution in [0, 0.1) is 17.2 Å². The van der Waals surface area contributed by atoms with E-state index in [-0.39, 0.29) is 11.0 Å². The molecule has 2 aromatic heterocycles. The predicted molar refractivity (Wildman–Crippen MR) is 91.9 cm³/mol. The molecule has 1 aliphatic rings. The van der Waals surface area contributed by atoms with Crippen molar-refractivity contribution in [1.29, 1.82) is 5.26 Å². The topological polar surface area (TPSA) is 74.8 Å². The maximum absolute atomic E-state index is 12.1. The molecule has 0 aliphatic carbocycles. The molecule has 0 radical (unpaired) electrons. The van der Waals surface area contributed by atoms with E-state index in [4.69, 9.17) is 5.26 Å². The first-order valence-electron chi connectivity index (χ1n) is 8.07. The number of nitrogens with zero attached hydrogens (tertiary/aromatic N) is 5. The summed E-state index contributed by atoms with van der Waals surface area (Å²) in [6.45, 7) is 8.40. The van der Waals surface area contributed by atoms with Crippen LogP contribution in [0.1, 0.15) is 32.0 Å². The minimum Gasteiger partial charge on any atom is -0.355 e. The van der Waals surface area contributed by atoms with Crippen LogP contribution in [-0.4, -0.2) is 27.9 Å². The molecule has 3 rings (SSSR count). The van der Waals surface area contributed by atoms with Gasteiger partial charge in [0.1, 0.15) is 11.9 Å². The highest BCUT2D eigenvalue weighted by Gasteiger charge is 2.30. The van der Waals surface area contributed by atoms with E-state index in [1.807, 2.05) is 0 Å². The molecule has 1 aliphatic heterocycles. The molecule has 0 spiro atoms. The van der Waals surface area contributed by atoms with Crippen molar-refractivity contribution in [2.45, 2.75) is 32.7 Å². The molecule has 1 saturated heterocycles. The fraction of sp³-hybridized carbons (Fsp3) is 0.444. The molecule has 0 saturated carbocycles. The van der Waals surface area contributed by atoms with E-state index in [2.05, 4.69) is 41.8 Å². The highest BCUT2D eigenvalue weighted by atomic mass is 16.1. The molecule has 6 nitrogen and oxygen atoms in total. The fourth-order valence-electron chi connectivity index (χ4n) is 2.82. The minimum absolute atomic E-state index is 0.0722. The smallest absolute Gasteiger partial charge is 0.266 e. The summed E-state index contributed by atoms with van der Waals surface area (Å²) in [6, 6.07) is 9.11. The first kappa shape index (κ1) is 16.2. The summed E-state index contributed by atoms with van der Waals surface area (Å²) in [5.41, 5.74) is 1.34. The van der Waals surface area contributed by atoms with E-state index in [1.54, 1.807) is 35.1 Å². The highest BCUT2D eigenvalue weighted by Crippen LogP contribution is 2.26. The zero-order valence-electron chi connectivity index (χ0n) is 14.2. The lowest BCUT2D eigenvalue weighted by Crippen LogP contribution is -2.50. The van der Waals surface area contributed by atoms with Crippen LogP contribution in [0.5, 0.6) is 0 Å². The first-order chi connectivity index (χ1) is 11.4. The molecule has 0 atom stereocenters. The second kappa shape index (κ2) is 6.08. The summed E-state index contributed by atoms with van der Waals surface area (Å²) in [7, 11) is 0. The van der Waals surface area contributed by atoms with E-state index >= 15 is 0 Å². The van der Waals surface area contributed by atoms with Gasteiger partial charge in [0.25, 0.3) is 5.56 Å². The number of hydrogen-bond donors (Lipinski definition) is 0. The Labute approximate surface area is 141 Å². The largest absolute Gasteiger partial charge is 0.355 e. The van der Waals surface area contributed by atoms with Gasteiger partial charge in [0.2, 0.25) is 0 Å². The Morgan fingerprint density at radius 1 is 1.29 bits per heavy atom. The summed E-state index contributed by atoms with van der Waals surface area (Å²) in [6.07, 6.45) is 1.70. The molecule has 0 amide bonds. The fourth-order valence-corrected chi connectivity index (χ4v) is 2.82. The number of rotatable bonds is 3. The summed E-state index contributed by atoms with van der Waals surface area (Å²) in [4.78, 5) is 18.4. The van der Waals surface area contributed by atoms with E-state index in [9.17, 15) is 4.79 Å². The Morgan fingerprint density at radius 3 is 2.71 bits per heavy atom. The van der Waals surface area contributed by atoms with Crippen molar-refractivity contribution in [2.24, 2.45) is 5.92 Å². The Kier molecular flexibility index (Phi) is 4.10. The Balaban J connectivity index is 1.70. The van der Waals surface area contributed by atoms with Gasteiger partial charge in [-0.3, -0.25) is 4.79 Å². The Bertz CT molecular complexity index is 837. The Hall–Kier alpha value is -2.68. The molecule has 0 aromatic carbocycles. The van der Waals surface area contributed by atoms with Crippen LogP contribution in [0.3, 0.4) is 0 Å². The van der Waals surface area contributed by atoms with Crippen molar-refractivity contribution >= 4 is 5.82 Å². The molecule has 1 fully saturated rings. The lowest BCUT2D eigenvalue weighted by Gasteiger charge is -2.40. The second-order valence-corrected chi connectivity index (χ2v) is 7.25. The van der Waals surface area contributed by atoms with Gasteiger partial charge >= 0.3 is 0 Å². The van der Waals surface area contributed by atoms with Crippen molar-refractivity contribution in [3.8, 4) is 6.07 Å². The molecular weight excluding hydrogens is 302 g/mol. The van der Waals surface area contributed by atoms with Gasteiger partial charge < -0.3 is 4.90 Å². The maximum atomic E-state index is 12.1. The number of nitriles is 1.